The highest BCUT2D eigenvalue weighted by Crippen LogP contribution is 2.24. The minimum absolute atomic E-state index is 0.0429. The normalized spacial score (nSPS) is 11.8. The number of thioether (sulfide) groups is 1. The van der Waals surface area contributed by atoms with E-state index < -0.39 is 4.92 Å². The maximum atomic E-state index is 12.0. The summed E-state index contributed by atoms with van der Waals surface area (Å²) in [7, 11) is 1.59. The summed E-state index contributed by atoms with van der Waals surface area (Å²) >= 11 is 1.75. The molecule has 1 amide bonds. The van der Waals surface area contributed by atoms with E-state index in [1.807, 2.05) is 6.92 Å². The molecule has 0 saturated carbocycles. The number of nitro groups is 1. The van der Waals surface area contributed by atoms with Crippen molar-refractivity contribution in [2.75, 3.05) is 23.9 Å². The maximum absolute atomic E-state index is 12.0. The van der Waals surface area contributed by atoms with Crippen molar-refractivity contribution < 1.29 is 9.72 Å². The van der Waals surface area contributed by atoms with Crippen LogP contribution in [0.15, 0.2) is 18.2 Å². The zero-order valence-corrected chi connectivity index (χ0v) is 12.6. The number of amides is 1. The maximum Gasteiger partial charge on any atom is 0.292 e. The molecule has 0 saturated heterocycles. The molecule has 1 rings (SSSR count). The van der Waals surface area contributed by atoms with Gasteiger partial charge in [0.25, 0.3) is 11.6 Å². The molecule has 1 aromatic rings. The number of nitrogens with one attached hydrogen (secondary N) is 2. The molecule has 20 heavy (non-hydrogen) atoms. The Hall–Kier alpha value is -1.76. The second kappa shape index (κ2) is 7.74. The summed E-state index contributed by atoms with van der Waals surface area (Å²) in [4.78, 5) is 22.4. The summed E-state index contributed by atoms with van der Waals surface area (Å²) in [6, 6.07) is 4.36. The van der Waals surface area contributed by atoms with Crippen LogP contribution in [0, 0.1) is 10.1 Å². The molecule has 1 atom stereocenters. The van der Waals surface area contributed by atoms with Gasteiger partial charge in [-0.25, -0.2) is 0 Å². The van der Waals surface area contributed by atoms with Gasteiger partial charge in [-0.05, 0) is 24.8 Å². The molecule has 0 heterocycles. The highest BCUT2D eigenvalue weighted by Gasteiger charge is 2.16. The molecule has 1 unspecified atom stereocenters. The number of rotatable bonds is 7. The van der Waals surface area contributed by atoms with Crippen LogP contribution in [0.1, 0.15) is 24.2 Å². The van der Waals surface area contributed by atoms with Gasteiger partial charge in [0.05, 0.1) is 4.92 Å². The van der Waals surface area contributed by atoms with Gasteiger partial charge in [0, 0.05) is 30.5 Å². The van der Waals surface area contributed by atoms with Crippen LogP contribution in [0.3, 0.4) is 0 Å². The van der Waals surface area contributed by atoms with Gasteiger partial charge < -0.3 is 10.6 Å². The van der Waals surface area contributed by atoms with Crippen LogP contribution in [0.4, 0.5) is 11.4 Å². The van der Waals surface area contributed by atoms with Crippen LogP contribution in [0.25, 0.3) is 0 Å². The molecule has 0 aromatic heterocycles. The quantitative estimate of drug-likeness (QED) is 0.596. The van der Waals surface area contributed by atoms with Gasteiger partial charge in [0.1, 0.15) is 5.69 Å². The van der Waals surface area contributed by atoms with Crippen molar-refractivity contribution >= 4 is 29.0 Å². The van der Waals surface area contributed by atoms with E-state index >= 15 is 0 Å². The first-order valence-electron chi connectivity index (χ1n) is 6.34. The molecule has 0 aliphatic rings. The number of carbonyl (C=O) groups excluding carboxylic acids is 1. The fourth-order valence-corrected chi connectivity index (χ4v) is 2.35. The van der Waals surface area contributed by atoms with Gasteiger partial charge >= 0.3 is 0 Å². The molecule has 1 aromatic carbocycles. The van der Waals surface area contributed by atoms with E-state index in [0.717, 1.165) is 11.5 Å². The van der Waals surface area contributed by atoms with E-state index in [0.29, 0.717) is 11.3 Å². The van der Waals surface area contributed by atoms with Gasteiger partial charge in [-0.15, -0.1) is 0 Å². The molecule has 0 bridgehead atoms. The predicted octanol–water partition coefficient (Wildman–Crippen LogP) is 2.51. The van der Waals surface area contributed by atoms with Crippen LogP contribution in [0.5, 0.6) is 0 Å². The minimum Gasteiger partial charge on any atom is -0.383 e. The fourth-order valence-electron chi connectivity index (χ4n) is 1.68. The van der Waals surface area contributed by atoms with Gasteiger partial charge in [-0.1, -0.05) is 6.92 Å². The van der Waals surface area contributed by atoms with E-state index in [2.05, 4.69) is 17.6 Å². The number of hydrogen-bond donors (Lipinski definition) is 2. The number of hydrogen-bond acceptors (Lipinski definition) is 5. The van der Waals surface area contributed by atoms with Crippen molar-refractivity contribution in [3.63, 3.8) is 0 Å². The van der Waals surface area contributed by atoms with Crippen molar-refractivity contribution in [2.24, 2.45) is 0 Å². The third-order valence-electron chi connectivity index (χ3n) is 2.67. The molecule has 6 nitrogen and oxygen atoms in total. The number of nitrogens with zero attached hydrogens (tertiary/aromatic N) is 1. The third-order valence-corrected chi connectivity index (χ3v) is 3.82. The van der Waals surface area contributed by atoms with Gasteiger partial charge in [0.15, 0.2) is 0 Å². The SMILES string of the molecule is CCSCC(C)NC(=O)c1ccc([N+](=O)[O-])c(NC)c1. The van der Waals surface area contributed by atoms with E-state index in [4.69, 9.17) is 0 Å². The van der Waals surface area contributed by atoms with E-state index in [-0.39, 0.29) is 17.6 Å². The smallest absolute Gasteiger partial charge is 0.292 e. The lowest BCUT2D eigenvalue weighted by Crippen LogP contribution is -2.34. The fraction of sp³-hybridized carbons (Fsp3) is 0.462. The molecule has 0 spiro atoms. The summed E-state index contributed by atoms with van der Waals surface area (Å²) in [6.07, 6.45) is 0. The zero-order valence-electron chi connectivity index (χ0n) is 11.8. The largest absolute Gasteiger partial charge is 0.383 e. The molecule has 0 aliphatic carbocycles. The van der Waals surface area contributed by atoms with E-state index in [9.17, 15) is 14.9 Å². The number of benzene rings is 1. The summed E-state index contributed by atoms with van der Waals surface area (Å²) < 4.78 is 0. The molecular weight excluding hydrogens is 278 g/mol. The monoisotopic (exact) mass is 297 g/mol. The van der Waals surface area contributed by atoms with Crippen molar-refractivity contribution in [1.29, 1.82) is 0 Å². The Bertz CT molecular complexity index is 494. The van der Waals surface area contributed by atoms with Crippen molar-refractivity contribution in [3.05, 3.63) is 33.9 Å². The Labute approximate surface area is 122 Å². The van der Waals surface area contributed by atoms with E-state index in [1.165, 1.54) is 18.2 Å². The van der Waals surface area contributed by atoms with Crippen LogP contribution in [0.2, 0.25) is 0 Å². The van der Waals surface area contributed by atoms with Crippen molar-refractivity contribution in [1.82, 2.24) is 5.32 Å². The van der Waals surface area contributed by atoms with Crippen LogP contribution in [-0.4, -0.2) is 35.4 Å². The lowest BCUT2D eigenvalue weighted by Gasteiger charge is -2.13. The summed E-state index contributed by atoms with van der Waals surface area (Å²) in [5, 5.41) is 16.4. The first kappa shape index (κ1) is 16.3. The lowest BCUT2D eigenvalue weighted by molar-refractivity contribution is -0.383. The Morgan fingerprint density at radius 3 is 2.75 bits per heavy atom. The van der Waals surface area contributed by atoms with E-state index in [1.54, 1.807) is 18.8 Å². The average Bonchev–Trinajstić information content (AvgIpc) is 2.44. The second-order valence-electron chi connectivity index (χ2n) is 4.27. The number of carbonyl (C=O) groups is 1. The van der Waals surface area contributed by atoms with Crippen LogP contribution < -0.4 is 10.6 Å². The highest BCUT2D eigenvalue weighted by molar-refractivity contribution is 7.99. The number of nitro benzene ring substituents is 1. The first-order chi connectivity index (χ1) is 9.49. The summed E-state index contributed by atoms with van der Waals surface area (Å²) in [5.41, 5.74) is 0.699. The van der Waals surface area contributed by atoms with Gasteiger partial charge in [-0.3, -0.25) is 14.9 Å². The first-order valence-corrected chi connectivity index (χ1v) is 7.49. The predicted molar refractivity (Wildman–Crippen MR) is 82.6 cm³/mol. The van der Waals surface area contributed by atoms with Crippen molar-refractivity contribution in [2.45, 2.75) is 19.9 Å². The van der Waals surface area contributed by atoms with Crippen LogP contribution in [-0.2, 0) is 0 Å². The summed E-state index contributed by atoms with van der Waals surface area (Å²) in [5.74, 6) is 1.62. The third kappa shape index (κ3) is 4.41. The Kier molecular flexibility index (Phi) is 6.30. The molecule has 0 radical (unpaired) electrons. The van der Waals surface area contributed by atoms with Gasteiger partial charge in [0.2, 0.25) is 0 Å². The zero-order chi connectivity index (χ0) is 15.1. The second-order valence-corrected chi connectivity index (χ2v) is 5.59. The number of anilines is 1. The molecule has 110 valence electrons. The van der Waals surface area contributed by atoms with Gasteiger partial charge in [-0.2, -0.15) is 11.8 Å². The molecule has 0 aliphatic heterocycles. The molecule has 7 heteroatoms. The lowest BCUT2D eigenvalue weighted by atomic mass is 10.1. The Morgan fingerprint density at radius 1 is 1.50 bits per heavy atom. The molecule has 0 fully saturated rings. The van der Waals surface area contributed by atoms with Crippen molar-refractivity contribution in [3.8, 4) is 0 Å². The minimum atomic E-state index is -0.478. The Morgan fingerprint density at radius 2 is 2.20 bits per heavy atom. The molecule has 2 N–H and O–H groups in total. The summed E-state index contributed by atoms with van der Waals surface area (Å²) in [6.45, 7) is 4.00. The topological polar surface area (TPSA) is 84.3 Å². The molecular formula is C13H19N3O3S. The van der Waals surface area contributed by atoms with Crippen LogP contribution >= 0.6 is 11.8 Å². The average molecular weight is 297 g/mol. The highest BCUT2D eigenvalue weighted by atomic mass is 32.2. The Balaban J connectivity index is 2.81. The standard InChI is InChI=1S/C13H19N3O3S/c1-4-20-8-9(2)15-13(17)10-5-6-12(16(18)19)11(7-10)14-3/h5-7,9,14H,4,8H2,1-3H3,(H,15,17).